The highest BCUT2D eigenvalue weighted by Gasteiger charge is 2.06. The maximum Gasteiger partial charge on any atom is 0.251 e. The monoisotopic (exact) mass is 218 g/mol. The van der Waals surface area contributed by atoms with Crippen LogP contribution < -0.4 is 5.32 Å². The van der Waals surface area contributed by atoms with Crippen molar-refractivity contribution in [3.8, 4) is 0 Å². The molecule has 16 heavy (non-hydrogen) atoms. The fraction of sp³-hybridized carbons (Fsp3) is 0.222. The van der Waals surface area contributed by atoms with Crippen LogP contribution in [0.25, 0.3) is 0 Å². The van der Waals surface area contributed by atoms with E-state index in [1.807, 2.05) is 6.92 Å². The van der Waals surface area contributed by atoms with E-state index >= 15 is 0 Å². The lowest BCUT2D eigenvalue weighted by Crippen LogP contribution is -2.23. The van der Waals surface area contributed by atoms with Gasteiger partial charge < -0.3 is 5.32 Å². The number of aromatic amines is 1. The number of H-pyrrole nitrogens is 1. The SMILES string of the molecule is Cc1cc(C(=O)NCc2nn[nH]n2)ccn1. The maximum atomic E-state index is 11.7. The van der Waals surface area contributed by atoms with Gasteiger partial charge >= 0.3 is 0 Å². The lowest BCUT2D eigenvalue weighted by molar-refractivity contribution is 0.0949. The molecule has 0 aliphatic heterocycles. The Morgan fingerprint density at radius 1 is 1.56 bits per heavy atom. The van der Waals surface area contributed by atoms with Gasteiger partial charge in [0.1, 0.15) is 0 Å². The van der Waals surface area contributed by atoms with E-state index < -0.39 is 0 Å². The molecule has 2 aromatic heterocycles. The van der Waals surface area contributed by atoms with E-state index in [1.54, 1.807) is 18.3 Å². The van der Waals surface area contributed by atoms with E-state index in [9.17, 15) is 4.79 Å². The number of aryl methyl sites for hydroxylation is 1. The zero-order chi connectivity index (χ0) is 11.4. The molecule has 0 aliphatic rings. The highest BCUT2D eigenvalue weighted by molar-refractivity contribution is 5.94. The molecule has 0 fully saturated rings. The third-order valence-corrected chi connectivity index (χ3v) is 1.96. The summed E-state index contributed by atoms with van der Waals surface area (Å²) in [4.78, 5) is 15.7. The smallest absolute Gasteiger partial charge is 0.251 e. The van der Waals surface area contributed by atoms with Gasteiger partial charge in [0, 0.05) is 17.5 Å². The summed E-state index contributed by atoms with van der Waals surface area (Å²) in [5.74, 6) is 0.259. The minimum absolute atomic E-state index is 0.185. The molecular formula is C9H10N6O. The molecule has 7 nitrogen and oxygen atoms in total. The first-order chi connectivity index (χ1) is 7.75. The molecule has 82 valence electrons. The molecule has 2 N–H and O–H groups in total. The number of hydrogen-bond donors (Lipinski definition) is 2. The van der Waals surface area contributed by atoms with E-state index in [0.29, 0.717) is 11.4 Å². The van der Waals surface area contributed by atoms with Gasteiger partial charge in [-0.3, -0.25) is 9.78 Å². The minimum Gasteiger partial charge on any atom is -0.345 e. The molecule has 0 saturated heterocycles. The molecule has 0 aliphatic carbocycles. The summed E-state index contributed by atoms with van der Waals surface area (Å²) in [6.07, 6.45) is 1.60. The number of hydrogen-bond acceptors (Lipinski definition) is 5. The van der Waals surface area contributed by atoms with Gasteiger partial charge in [-0.05, 0) is 19.1 Å². The average molecular weight is 218 g/mol. The van der Waals surface area contributed by atoms with E-state index in [4.69, 9.17) is 0 Å². The van der Waals surface area contributed by atoms with Crippen LogP contribution in [0.1, 0.15) is 21.9 Å². The average Bonchev–Trinajstić information content (AvgIpc) is 2.78. The number of carbonyl (C=O) groups excluding carboxylic acids is 1. The van der Waals surface area contributed by atoms with E-state index in [2.05, 4.69) is 30.9 Å². The molecule has 0 unspecified atom stereocenters. The van der Waals surface area contributed by atoms with Crippen molar-refractivity contribution in [2.45, 2.75) is 13.5 Å². The lowest BCUT2D eigenvalue weighted by atomic mass is 10.2. The highest BCUT2D eigenvalue weighted by atomic mass is 16.1. The Morgan fingerprint density at radius 3 is 3.12 bits per heavy atom. The molecular weight excluding hydrogens is 208 g/mol. The second-order valence-electron chi connectivity index (χ2n) is 3.20. The van der Waals surface area contributed by atoms with Crippen LogP contribution in [0.3, 0.4) is 0 Å². The Morgan fingerprint density at radius 2 is 2.44 bits per heavy atom. The molecule has 2 heterocycles. The Hall–Kier alpha value is -2.31. The first-order valence-corrected chi connectivity index (χ1v) is 4.69. The molecule has 0 atom stereocenters. The van der Waals surface area contributed by atoms with E-state index in [1.165, 1.54) is 0 Å². The van der Waals surface area contributed by atoms with Gasteiger partial charge in [-0.1, -0.05) is 5.21 Å². The number of tetrazole rings is 1. The third kappa shape index (κ3) is 2.38. The van der Waals surface area contributed by atoms with Gasteiger partial charge in [0.05, 0.1) is 6.54 Å². The van der Waals surface area contributed by atoms with Gasteiger partial charge in [-0.15, -0.1) is 10.2 Å². The molecule has 0 radical (unpaired) electrons. The fourth-order valence-corrected chi connectivity index (χ4v) is 1.21. The number of pyridine rings is 1. The summed E-state index contributed by atoms with van der Waals surface area (Å²) in [6, 6.07) is 3.37. The van der Waals surface area contributed by atoms with Crippen molar-refractivity contribution in [1.82, 2.24) is 30.9 Å². The van der Waals surface area contributed by atoms with Crippen LogP contribution in [0.4, 0.5) is 0 Å². The summed E-state index contributed by atoms with van der Waals surface area (Å²) in [7, 11) is 0. The lowest BCUT2D eigenvalue weighted by Gasteiger charge is -2.02. The third-order valence-electron chi connectivity index (χ3n) is 1.96. The summed E-state index contributed by atoms with van der Waals surface area (Å²) in [6.45, 7) is 2.08. The standard InChI is InChI=1S/C9H10N6O/c1-6-4-7(2-3-10-6)9(16)11-5-8-12-14-15-13-8/h2-4H,5H2,1H3,(H,11,16)(H,12,13,14,15). The van der Waals surface area contributed by atoms with Crippen LogP contribution in [0.5, 0.6) is 0 Å². The van der Waals surface area contributed by atoms with Crippen LogP contribution in [-0.2, 0) is 6.54 Å². The van der Waals surface area contributed by atoms with Crippen LogP contribution in [0, 0.1) is 6.92 Å². The molecule has 2 aromatic rings. The van der Waals surface area contributed by atoms with E-state index in [-0.39, 0.29) is 12.5 Å². The maximum absolute atomic E-state index is 11.7. The van der Waals surface area contributed by atoms with Crippen LogP contribution in [0.2, 0.25) is 0 Å². The number of carbonyl (C=O) groups is 1. The van der Waals surface area contributed by atoms with Crippen molar-refractivity contribution in [2.75, 3.05) is 0 Å². The first kappa shape index (κ1) is 10.2. The molecule has 2 rings (SSSR count). The predicted octanol–water partition coefficient (Wildman–Crippen LogP) is -0.167. The Kier molecular flexibility index (Phi) is 2.86. The van der Waals surface area contributed by atoms with Crippen LogP contribution in [0.15, 0.2) is 18.3 Å². The first-order valence-electron chi connectivity index (χ1n) is 4.69. The van der Waals surface area contributed by atoms with Gasteiger partial charge in [-0.25, -0.2) is 0 Å². The van der Waals surface area contributed by atoms with Gasteiger partial charge in [0.2, 0.25) is 0 Å². The highest BCUT2D eigenvalue weighted by Crippen LogP contribution is 2.00. The van der Waals surface area contributed by atoms with Crippen LogP contribution in [-0.4, -0.2) is 31.5 Å². The normalized spacial score (nSPS) is 10.1. The largest absolute Gasteiger partial charge is 0.345 e. The topological polar surface area (TPSA) is 96.5 Å². The van der Waals surface area contributed by atoms with Gasteiger partial charge in [0.25, 0.3) is 5.91 Å². The molecule has 0 spiro atoms. The summed E-state index contributed by atoms with van der Waals surface area (Å²) in [5, 5.41) is 15.8. The summed E-state index contributed by atoms with van der Waals surface area (Å²) >= 11 is 0. The molecule has 0 aromatic carbocycles. The van der Waals surface area contributed by atoms with Crippen molar-refractivity contribution in [3.05, 3.63) is 35.4 Å². The van der Waals surface area contributed by atoms with Gasteiger partial charge in [-0.2, -0.15) is 5.21 Å². The Bertz CT molecular complexity index is 481. The summed E-state index contributed by atoms with van der Waals surface area (Å²) < 4.78 is 0. The van der Waals surface area contributed by atoms with Crippen molar-refractivity contribution < 1.29 is 4.79 Å². The van der Waals surface area contributed by atoms with Crippen molar-refractivity contribution in [1.29, 1.82) is 0 Å². The van der Waals surface area contributed by atoms with Crippen molar-refractivity contribution in [2.24, 2.45) is 0 Å². The quantitative estimate of drug-likeness (QED) is 0.745. The molecule has 1 amide bonds. The predicted molar refractivity (Wildman–Crippen MR) is 54.3 cm³/mol. The summed E-state index contributed by atoms with van der Waals surface area (Å²) in [5.41, 5.74) is 1.36. The molecule has 0 bridgehead atoms. The number of aromatic nitrogens is 5. The zero-order valence-corrected chi connectivity index (χ0v) is 8.64. The second-order valence-corrected chi connectivity index (χ2v) is 3.20. The van der Waals surface area contributed by atoms with E-state index in [0.717, 1.165) is 5.69 Å². The Balaban J connectivity index is 1.98. The van der Waals surface area contributed by atoms with Crippen LogP contribution >= 0.6 is 0 Å². The Labute approximate surface area is 91.3 Å². The minimum atomic E-state index is -0.185. The van der Waals surface area contributed by atoms with Crippen molar-refractivity contribution in [3.63, 3.8) is 0 Å². The zero-order valence-electron chi connectivity index (χ0n) is 8.64. The van der Waals surface area contributed by atoms with Crippen molar-refractivity contribution >= 4 is 5.91 Å². The molecule has 0 saturated carbocycles. The number of nitrogens with zero attached hydrogens (tertiary/aromatic N) is 4. The van der Waals surface area contributed by atoms with Gasteiger partial charge in [0.15, 0.2) is 5.82 Å². The fourth-order valence-electron chi connectivity index (χ4n) is 1.21. The number of nitrogens with one attached hydrogen (secondary N) is 2. The number of amides is 1. The molecule has 7 heteroatoms. The second kappa shape index (κ2) is 4.47. The number of rotatable bonds is 3.